The average Bonchev–Trinajstić information content (AvgIpc) is 2.54. The van der Waals surface area contributed by atoms with Crippen molar-refractivity contribution in [2.24, 2.45) is 5.92 Å². The summed E-state index contributed by atoms with van der Waals surface area (Å²) < 4.78 is 0. The SMILES string of the molecule is CC(c1nc2ccccc2c(=O)[nH]1)N1CCCC(CO)C1. The Morgan fingerprint density at radius 3 is 3.10 bits per heavy atom. The smallest absolute Gasteiger partial charge is 0.258 e. The molecule has 2 N–H and O–H groups in total. The van der Waals surface area contributed by atoms with Crippen LogP contribution in [0.2, 0.25) is 0 Å². The molecule has 0 saturated carbocycles. The van der Waals surface area contributed by atoms with E-state index in [-0.39, 0.29) is 18.2 Å². The highest BCUT2D eigenvalue weighted by molar-refractivity contribution is 5.77. The second kappa shape index (κ2) is 5.95. The third-order valence-electron chi connectivity index (χ3n) is 4.38. The Labute approximate surface area is 123 Å². The van der Waals surface area contributed by atoms with E-state index in [1.165, 1.54) is 0 Å². The highest BCUT2D eigenvalue weighted by atomic mass is 16.3. The second-order valence-electron chi connectivity index (χ2n) is 5.83. The minimum Gasteiger partial charge on any atom is -0.396 e. The van der Waals surface area contributed by atoms with E-state index in [4.69, 9.17) is 0 Å². The van der Waals surface area contributed by atoms with Crippen LogP contribution in [0.15, 0.2) is 29.1 Å². The van der Waals surface area contributed by atoms with Crippen LogP contribution in [0.3, 0.4) is 0 Å². The van der Waals surface area contributed by atoms with Gasteiger partial charge in [0.2, 0.25) is 0 Å². The van der Waals surface area contributed by atoms with Gasteiger partial charge in [0.15, 0.2) is 0 Å². The van der Waals surface area contributed by atoms with Crippen molar-refractivity contribution in [1.82, 2.24) is 14.9 Å². The lowest BCUT2D eigenvalue weighted by Gasteiger charge is -2.35. The molecule has 1 aliphatic heterocycles. The summed E-state index contributed by atoms with van der Waals surface area (Å²) in [5.74, 6) is 1.03. The summed E-state index contributed by atoms with van der Waals surface area (Å²) in [5, 5.41) is 9.97. The van der Waals surface area contributed by atoms with E-state index in [1.807, 2.05) is 18.2 Å². The van der Waals surface area contributed by atoms with Gasteiger partial charge in [-0.3, -0.25) is 9.69 Å². The number of likely N-dealkylation sites (tertiary alicyclic amines) is 1. The lowest BCUT2D eigenvalue weighted by molar-refractivity contribution is 0.0907. The van der Waals surface area contributed by atoms with Gasteiger partial charge in [-0.1, -0.05) is 12.1 Å². The number of H-pyrrole nitrogens is 1. The van der Waals surface area contributed by atoms with Crippen molar-refractivity contribution >= 4 is 10.9 Å². The van der Waals surface area contributed by atoms with Crippen molar-refractivity contribution in [2.45, 2.75) is 25.8 Å². The zero-order chi connectivity index (χ0) is 14.8. The van der Waals surface area contributed by atoms with Gasteiger partial charge in [-0.2, -0.15) is 0 Å². The Bertz CT molecular complexity index is 683. The Morgan fingerprint density at radius 2 is 2.29 bits per heavy atom. The van der Waals surface area contributed by atoms with Gasteiger partial charge >= 0.3 is 0 Å². The first kappa shape index (κ1) is 14.2. The first-order valence-corrected chi connectivity index (χ1v) is 7.53. The van der Waals surface area contributed by atoms with Crippen LogP contribution in [-0.4, -0.2) is 39.7 Å². The van der Waals surface area contributed by atoms with E-state index in [2.05, 4.69) is 21.8 Å². The van der Waals surface area contributed by atoms with Crippen molar-refractivity contribution < 1.29 is 5.11 Å². The molecule has 0 amide bonds. The van der Waals surface area contributed by atoms with Gasteiger partial charge in [0.05, 0.1) is 16.9 Å². The summed E-state index contributed by atoms with van der Waals surface area (Å²) in [5.41, 5.74) is 0.650. The van der Waals surface area contributed by atoms with Gasteiger partial charge in [-0.15, -0.1) is 0 Å². The maximum Gasteiger partial charge on any atom is 0.258 e. The number of nitrogens with zero attached hydrogens (tertiary/aromatic N) is 2. The highest BCUT2D eigenvalue weighted by Crippen LogP contribution is 2.24. The molecule has 0 aliphatic carbocycles. The molecular weight excluding hydrogens is 266 g/mol. The van der Waals surface area contributed by atoms with Gasteiger partial charge in [-0.05, 0) is 44.4 Å². The van der Waals surface area contributed by atoms with Crippen LogP contribution >= 0.6 is 0 Å². The standard InChI is InChI=1S/C16H21N3O2/c1-11(19-8-4-5-12(9-19)10-20)15-17-14-7-3-2-6-13(14)16(21)18-15/h2-3,6-7,11-12,20H,4-5,8-10H2,1H3,(H,17,18,21). The molecule has 1 fully saturated rings. The maximum absolute atomic E-state index is 12.2. The molecule has 1 aromatic carbocycles. The topological polar surface area (TPSA) is 69.2 Å². The molecular formula is C16H21N3O2. The van der Waals surface area contributed by atoms with Crippen molar-refractivity contribution in [3.63, 3.8) is 0 Å². The fraction of sp³-hybridized carbons (Fsp3) is 0.500. The fourth-order valence-corrected chi connectivity index (χ4v) is 3.07. The number of aromatic amines is 1. The molecule has 1 aliphatic rings. The number of hydrogen-bond acceptors (Lipinski definition) is 4. The molecule has 1 saturated heterocycles. The quantitative estimate of drug-likeness (QED) is 0.901. The number of benzene rings is 1. The van der Waals surface area contributed by atoms with E-state index in [1.54, 1.807) is 6.07 Å². The number of para-hydroxylation sites is 1. The van der Waals surface area contributed by atoms with Gasteiger partial charge in [-0.25, -0.2) is 4.98 Å². The van der Waals surface area contributed by atoms with Crippen LogP contribution in [0, 0.1) is 5.92 Å². The Kier molecular flexibility index (Phi) is 4.03. The average molecular weight is 287 g/mol. The largest absolute Gasteiger partial charge is 0.396 e. The third-order valence-corrected chi connectivity index (χ3v) is 4.38. The molecule has 5 nitrogen and oxygen atoms in total. The van der Waals surface area contributed by atoms with E-state index < -0.39 is 0 Å². The molecule has 2 heterocycles. The molecule has 0 radical (unpaired) electrons. The minimum absolute atomic E-state index is 0.0525. The number of aliphatic hydroxyl groups is 1. The Balaban J connectivity index is 1.90. The maximum atomic E-state index is 12.2. The summed E-state index contributed by atoms with van der Waals surface area (Å²) in [6, 6.07) is 7.45. The Morgan fingerprint density at radius 1 is 1.48 bits per heavy atom. The summed E-state index contributed by atoms with van der Waals surface area (Å²) in [6.45, 7) is 4.13. The van der Waals surface area contributed by atoms with Crippen LogP contribution in [-0.2, 0) is 0 Å². The van der Waals surface area contributed by atoms with Crippen molar-refractivity contribution in [3.05, 3.63) is 40.4 Å². The monoisotopic (exact) mass is 287 g/mol. The lowest BCUT2D eigenvalue weighted by Crippen LogP contribution is -2.39. The molecule has 21 heavy (non-hydrogen) atoms. The van der Waals surface area contributed by atoms with Crippen LogP contribution in [0.25, 0.3) is 10.9 Å². The fourth-order valence-electron chi connectivity index (χ4n) is 3.07. The van der Waals surface area contributed by atoms with Crippen LogP contribution < -0.4 is 5.56 Å². The highest BCUT2D eigenvalue weighted by Gasteiger charge is 2.25. The number of piperidine rings is 1. The normalized spacial score (nSPS) is 21.5. The summed E-state index contributed by atoms with van der Waals surface area (Å²) in [4.78, 5) is 22.0. The van der Waals surface area contributed by atoms with Crippen molar-refractivity contribution in [1.29, 1.82) is 0 Å². The number of rotatable bonds is 3. The number of aliphatic hydroxyl groups excluding tert-OH is 1. The van der Waals surface area contributed by atoms with Gasteiger partial charge in [0.1, 0.15) is 5.82 Å². The van der Waals surface area contributed by atoms with Crippen LogP contribution in [0.5, 0.6) is 0 Å². The van der Waals surface area contributed by atoms with E-state index >= 15 is 0 Å². The van der Waals surface area contributed by atoms with E-state index in [0.717, 1.165) is 31.4 Å². The number of fused-ring (bicyclic) bond motifs is 1. The summed E-state index contributed by atoms with van der Waals surface area (Å²) >= 11 is 0. The molecule has 112 valence electrons. The predicted molar refractivity (Wildman–Crippen MR) is 82.2 cm³/mol. The van der Waals surface area contributed by atoms with Crippen molar-refractivity contribution in [3.8, 4) is 0 Å². The first-order chi connectivity index (χ1) is 10.2. The Hall–Kier alpha value is -1.72. The van der Waals surface area contributed by atoms with Crippen LogP contribution in [0.4, 0.5) is 0 Å². The molecule has 2 atom stereocenters. The van der Waals surface area contributed by atoms with Gasteiger partial charge < -0.3 is 10.1 Å². The molecule has 2 unspecified atom stereocenters. The summed E-state index contributed by atoms with van der Waals surface area (Å²) in [7, 11) is 0. The van der Waals surface area contributed by atoms with E-state index in [9.17, 15) is 9.90 Å². The predicted octanol–water partition coefficient (Wildman–Crippen LogP) is 1.69. The van der Waals surface area contributed by atoms with Crippen LogP contribution in [0.1, 0.15) is 31.6 Å². The molecule has 3 rings (SSSR count). The van der Waals surface area contributed by atoms with Crippen molar-refractivity contribution in [2.75, 3.05) is 19.7 Å². The lowest BCUT2D eigenvalue weighted by atomic mass is 9.97. The van der Waals surface area contributed by atoms with E-state index in [0.29, 0.717) is 17.1 Å². The van der Waals surface area contributed by atoms with Gasteiger partial charge in [0, 0.05) is 13.2 Å². The third kappa shape index (κ3) is 2.84. The zero-order valence-corrected chi connectivity index (χ0v) is 12.2. The molecule has 0 bridgehead atoms. The molecule has 0 spiro atoms. The minimum atomic E-state index is -0.0850. The number of hydrogen-bond donors (Lipinski definition) is 2. The summed E-state index contributed by atoms with van der Waals surface area (Å²) in [6.07, 6.45) is 2.15. The number of nitrogens with one attached hydrogen (secondary N) is 1. The number of aromatic nitrogens is 2. The molecule has 2 aromatic rings. The van der Waals surface area contributed by atoms with Gasteiger partial charge in [0.25, 0.3) is 5.56 Å². The first-order valence-electron chi connectivity index (χ1n) is 7.53. The zero-order valence-electron chi connectivity index (χ0n) is 12.2. The molecule has 5 heteroatoms. The second-order valence-corrected chi connectivity index (χ2v) is 5.83. The molecule has 1 aromatic heterocycles.